The molecule has 2 rings (SSSR count). The highest BCUT2D eigenvalue weighted by Gasteiger charge is 2.30. The molecule has 29 heavy (non-hydrogen) atoms. The van der Waals surface area contributed by atoms with E-state index in [1.807, 2.05) is 0 Å². The van der Waals surface area contributed by atoms with Crippen LogP contribution in [0.5, 0.6) is 0 Å². The predicted molar refractivity (Wildman–Crippen MR) is 99.2 cm³/mol. The van der Waals surface area contributed by atoms with Crippen molar-refractivity contribution < 1.29 is 32.3 Å². The van der Waals surface area contributed by atoms with E-state index in [-0.39, 0.29) is 24.6 Å². The van der Waals surface area contributed by atoms with Crippen molar-refractivity contribution in [3.63, 3.8) is 0 Å². The van der Waals surface area contributed by atoms with Crippen molar-refractivity contribution in [3.05, 3.63) is 65.2 Å². The van der Waals surface area contributed by atoms with E-state index in [2.05, 4.69) is 10.6 Å². The minimum absolute atomic E-state index is 0.0343. The summed E-state index contributed by atoms with van der Waals surface area (Å²) in [6.45, 7) is 1.23. The van der Waals surface area contributed by atoms with Crippen LogP contribution in [0.15, 0.2) is 48.5 Å². The zero-order valence-corrected chi connectivity index (χ0v) is 15.5. The van der Waals surface area contributed by atoms with Gasteiger partial charge in [-0.2, -0.15) is 13.2 Å². The molecule has 0 aliphatic carbocycles. The zero-order valence-electron chi connectivity index (χ0n) is 15.5. The van der Waals surface area contributed by atoms with Gasteiger partial charge in [0.25, 0.3) is 11.8 Å². The Hall–Kier alpha value is -3.36. The van der Waals surface area contributed by atoms with Crippen LogP contribution in [0.3, 0.4) is 0 Å². The molecule has 9 heteroatoms. The lowest BCUT2D eigenvalue weighted by Gasteiger charge is -2.10. The Labute approximate surface area is 165 Å². The van der Waals surface area contributed by atoms with Crippen molar-refractivity contribution in [3.8, 4) is 0 Å². The number of esters is 1. The molecule has 0 aromatic heterocycles. The van der Waals surface area contributed by atoms with Crippen LogP contribution < -0.4 is 10.6 Å². The molecule has 154 valence electrons. The second kappa shape index (κ2) is 9.72. The number of rotatable bonds is 7. The van der Waals surface area contributed by atoms with Crippen LogP contribution in [0.1, 0.15) is 27.9 Å². The molecule has 0 heterocycles. The van der Waals surface area contributed by atoms with Crippen LogP contribution in [0.2, 0.25) is 0 Å². The van der Waals surface area contributed by atoms with E-state index in [1.54, 1.807) is 31.2 Å². The monoisotopic (exact) mass is 408 g/mol. The first-order chi connectivity index (χ1) is 13.7. The highest BCUT2D eigenvalue weighted by Crippen LogP contribution is 2.29. The van der Waals surface area contributed by atoms with Gasteiger partial charge in [-0.3, -0.25) is 14.4 Å². The SMILES string of the molecule is Cc1ccccc1C(=O)NCCC(=O)OCC(=O)Nc1ccc(C(F)(F)F)cc1. The van der Waals surface area contributed by atoms with Crippen molar-refractivity contribution in [2.45, 2.75) is 19.5 Å². The van der Waals surface area contributed by atoms with E-state index in [0.29, 0.717) is 5.56 Å². The molecule has 0 aliphatic rings. The Bertz CT molecular complexity index is 880. The Morgan fingerprint density at radius 2 is 1.66 bits per heavy atom. The lowest BCUT2D eigenvalue weighted by molar-refractivity contribution is -0.147. The third kappa shape index (κ3) is 6.95. The third-order valence-electron chi connectivity index (χ3n) is 3.86. The molecule has 0 saturated carbocycles. The smallest absolute Gasteiger partial charge is 0.416 e. The lowest BCUT2D eigenvalue weighted by Crippen LogP contribution is -2.28. The molecule has 0 saturated heterocycles. The van der Waals surface area contributed by atoms with Gasteiger partial charge in [-0.15, -0.1) is 0 Å². The summed E-state index contributed by atoms with van der Waals surface area (Å²) >= 11 is 0. The molecule has 0 radical (unpaired) electrons. The number of hydrogen-bond acceptors (Lipinski definition) is 4. The van der Waals surface area contributed by atoms with E-state index in [9.17, 15) is 27.6 Å². The zero-order chi connectivity index (χ0) is 21.4. The van der Waals surface area contributed by atoms with Crippen LogP contribution in [0.25, 0.3) is 0 Å². The first kappa shape index (κ1) is 21.9. The minimum Gasteiger partial charge on any atom is -0.456 e. The van der Waals surface area contributed by atoms with E-state index in [1.165, 1.54) is 0 Å². The first-order valence-corrected chi connectivity index (χ1v) is 8.63. The van der Waals surface area contributed by atoms with Gasteiger partial charge in [0.2, 0.25) is 0 Å². The summed E-state index contributed by atoms with van der Waals surface area (Å²) in [7, 11) is 0. The number of hydrogen-bond donors (Lipinski definition) is 2. The van der Waals surface area contributed by atoms with Gasteiger partial charge in [-0.05, 0) is 42.8 Å². The summed E-state index contributed by atoms with van der Waals surface area (Å²) in [4.78, 5) is 35.4. The highest BCUT2D eigenvalue weighted by molar-refractivity contribution is 5.96. The summed E-state index contributed by atoms with van der Waals surface area (Å²) in [6.07, 6.45) is -4.60. The molecule has 0 fully saturated rings. The van der Waals surface area contributed by atoms with E-state index < -0.39 is 30.2 Å². The largest absolute Gasteiger partial charge is 0.456 e. The molecule has 2 amide bonds. The maximum atomic E-state index is 12.5. The van der Waals surface area contributed by atoms with Crippen molar-refractivity contribution in [2.24, 2.45) is 0 Å². The molecule has 0 unspecified atom stereocenters. The topological polar surface area (TPSA) is 84.5 Å². The van der Waals surface area contributed by atoms with E-state index in [0.717, 1.165) is 29.8 Å². The summed E-state index contributed by atoms with van der Waals surface area (Å²) in [5.74, 6) is -1.71. The predicted octanol–water partition coefficient (Wildman–Crippen LogP) is 3.32. The normalized spacial score (nSPS) is 10.9. The highest BCUT2D eigenvalue weighted by atomic mass is 19.4. The number of nitrogens with one attached hydrogen (secondary N) is 2. The second-order valence-electron chi connectivity index (χ2n) is 6.10. The molecule has 0 aliphatic heterocycles. The van der Waals surface area contributed by atoms with E-state index >= 15 is 0 Å². The number of halogens is 3. The van der Waals surface area contributed by atoms with Gasteiger partial charge >= 0.3 is 12.1 Å². The molecule has 6 nitrogen and oxygen atoms in total. The Balaban J connectivity index is 1.70. The van der Waals surface area contributed by atoms with Gasteiger partial charge in [0.1, 0.15) is 0 Å². The molecule has 2 aromatic rings. The van der Waals surface area contributed by atoms with E-state index in [4.69, 9.17) is 4.74 Å². The Morgan fingerprint density at radius 3 is 2.28 bits per heavy atom. The van der Waals surface area contributed by atoms with Gasteiger partial charge < -0.3 is 15.4 Å². The maximum absolute atomic E-state index is 12.5. The second-order valence-corrected chi connectivity index (χ2v) is 6.10. The fraction of sp³-hybridized carbons (Fsp3) is 0.250. The van der Waals surface area contributed by atoms with Crippen LogP contribution in [0, 0.1) is 6.92 Å². The molecular weight excluding hydrogens is 389 g/mol. The molecule has 0 spiro atoms. The summed E-state index contributed by atoms with van der Waals surface area (Å²) in [6, 6.07) is 10.8. The van der Waals surface area contributed by atoms with Crippen LogP contribution >= 0.6 is 0 Å². The molecule has 0 atom stereocenters. The van der Waals surface area contributed by atoms with Crippen LogP contribution in [0.4, 0.5) is 18.9 Å². The fourth-order valence-electron chi connectivity index (χ4n) is 2.36. The number of carbonyl (C=O) groups is 3. The number of benzene rings is 2. The Kier molecular flexibility index (Phi) is 7.35. The summed E-state index contributed by atoms with van der Waals surface area (Å²) in [5, 5.41) is 4.91. The average Bonchev–Trinajstić information content (AvgIpc) is 2.66. The summed E-state index contributed by atoms with van der Waals surface area (Å²) < 4.78 is 42.2. The molecular formula is C20H19F3N2O4. The van der Waals surface area contributed by atoms with Gasteiger partial charge in [0.05, 0.1) is 12.0 Å². The van der Waals surface area contributed by atoms with Gasteiger partial charge in [-0.1, -0.05) is 18.2 Å². The lowest BCUT2D eigenvalue weighted by atomic mass is 10.1. The van der Waals surface area contributed by atoms with Gasteiger partial charge in [0, 0.05) is 17.8 Å². The molecule has 0 bridgehead atoms. The van der Waals surface area contributed by atoms with Crippen LogP contribution in [-0.4, -0.2) is 30.9 Å². The first-order valence-electron chi connectivity index (χ1n) is 8.63. The minimum atomic E-state index is -4.47. The third-order valence-corrected chi connectivity index (χ3v) is 3.86. The standard InChI is InChI=1S/C20H19F3N2O4/c1-13-4-2-3-5-16(13)19(28)24-11-10-18(27)29-12-17(26)25-15-8-6-14(7-9-15)20(21,22)23/h2-9H,10-12H2,1H3,(H,24,28)(H,25,26). The quantitative estimate of drug-likeness (QED) is 0.689. The van der Waals surface area contributed by atoms with Gasteiger partial charge in [-0.25, -0.2) is 0 Å². The maximum Gasteiger partial charge on any atom is 0.416 e. The molecule has 2 aromatic carbocycles. The molecule has 2 N–H and O–H groups in total. The number of ether oxygens (including phenoxy) is 1. The average molecular weight is 408 g/mol. The number of alkyl halides is 3. The van der Waals surface area contributed by atoms with Crippen molar-refractivity contribution in [1.82, 2.24) is 5.32 Å². The Morgan fingerprint density at radius 1 is 1.00 bits per heavy atom. The van der Waals surface area contributed by atoms with Crippen LogP contribution in [-0.2, 0) is 20.5 Å². The van der Waals surface area contributed by atoms with Crippen molar-refractivity contribution in [1.29, 1.82) is 0 Å². The number of amides is 2. The van der Waals surface area contributed by atoms with Crippen molar-refractivity contribution >= 4 is 23.5 Å². The number of aryl methyl sites for hydroxylation is 1. The fourth-order valence-corrected chi connectivity index (χ4v) is 2.36. The van der Waals surface area contributed by atoms with Gasteiger partial charge in [0.15, 0.2) is 6.61 Å². The number of carbonyl (C=O) groups excluding carboxylic acids is 3. The van der Waals surface area contributed by atoms with Crippen molar-refractivity contribution in [2.75, 3.05) is 18.5 Å². The number of anilines is 1. The summed E-state index contributed by atoms with van der Waals surface area (Å²) in [5.41, 5.74) is 0.600.